The molecule has 1 spiro atoms. The molecule has 0 saturated heterocycles. The summed E-state index contributed by atoms with van der Waals surface area (Å²) in [5.41, 5.74) is 2.28. The predicted molar refractivity (Wildman–Crippen MR) is 140 cm³/mol. The van der Waals surface area contributed by atoms with Crippen LogP contribution in [0, 0.1) is 0 Å². The molecule has 0 aromatic heterocycles. The first kappa shape index (κ1) is 25.5. The molecule has 1 saturated carbocycles. The van der Waals surface area contributed by atoms with Gasteiger partial charge in [0.05, 0.1) is 12.7 Å². The van der Waals surface area contributed by atoms with E-state index in [0.29, 0.717) is 18.7 Å². The maximum absolute atomic E-state index is 13.9. The van der Waals surface area contributed by atoms with Gasteiger partial charge >= 0.3 is 12.2 Å². The van der Waals surface area contributed by atoms with Gasteiger partial charge in [0.25, 0.3) is 0 Å². The van der Waals surface area contributed by atoms with Gasteiger partial charge < -0.3 is 10.1 Å². The standard InChI is InChI=1S/C28H28F3N3O2S/c1-36-20-7-10-22(23(15-20)28(29,30)31)19-6-11-25-24(14-19)27(12-2-3-13-27)17-34(25)26(35)33-16-18-4-8-21(37-32)9-5-18/h4-11,14-15H,2-3,12-13,16-17,32H2,1H3,(H,33,35). The molecule has 3 aromatic rings. The number of carbonyl (C=O) groups excluding carboxylic acids is 1. The monoisotopic (exact) mass is 527 g/mol. The van der Waals surface area contributed by atoms with Crippen LogP contribution in [0.3, 0.4) is 0 Å². The lowest BCUT2D eigenvalue weighted by Gasteiger charge is -2.25. The molecule has 3 aromatic carbocycles. The number of methoxy groups -OCH3 is 1. The van der Waals surface area contributed by atoms with Crippen LogP contribution in [0.5, 0.6) is 5.75 Å². The number of hydrogen-bond acceptors (Lipinski definition) is 4. The first-order valence-electron chi connectivity index (χ1n) is 12.2. The minimum atomic E-state index is -4.53. The van der Waals surface area contributed by atoms with Crippen molar-refractivity contribution in [1.82, 2.24) is 5.32 Å². The van der Waals surface area contributed by atoms with Crippen molar-refractivity contribution >= 4 is 23.7 Å². The van der Waals surface area contributed by atoms with Crippen LogP contribution >= 0.6 is 11.9 Å². The smallest absolute Gasteiger partial charge is 0.417 e. The summed E-state index contributed by atoms with van der Waals surface area (Å²) in [5, 5.41) is 8.58. The van der Waals surface area contributed by atoms with Gasteiger partial charge in [0, 0.05) is 29.1 Å². The second-order valence-electron chi connectivity index (χ2n) is 9.64. The SMILES string of the molecule is COc1ccc(-c2ccc3c(c2)C2(CCCC2)CN3C(=O)NCc2ccc(SN)cc2)c(C(F)(F)F)c1. The van der Waals surface area contributed by atoms with Crippen LogP contribution in [0.15, 0.2) is 65.6 Å². The quantitative estimate of drug-likeness (QED) is 0.355. The van der Waals surface area contributed by atoms with Crippen LogP contribution in [0.25, 0.3) is 11.1 Å². The number of rotatable bonds is 5. The van der Waals surface area contributed by atoms with E-state index < -0.39 is 11.7 Å². The maximum atomic E-state index is 13.9. The first-order valence-corrected chi connectivity index (χ1v) is 13.0. The second-order valence-corrected chi connectivity index (χ2v) is 10.3. The first-order chi connectivity index (χ1) is 17.7. The molecular weight excluding hydrogens is 499 g/mol. The van der Waals surface area contributed by atoms with Crippen molar-refractivity contribution < 1.29 is 22.7 Å². The molecule has 1 heterocycles. The third kappa shape index (κ3) is 4.90. The highest BCUT2D eigenvalue weighted by Crippen LogP contribution is 2.52. The van der Waals surface area contributed by atoms with Crippen molar-refractivity contribution in [2.75, 3.05) is 18.6 Å². The van der Waals surface area contributed by atoms with Crippen molar-refractivity contribution in [2.24, 2.45) is 5.14 Å². The molecule has 1 fully saturated rings. The number of halogens is 3. The van der Waals surface area contributed by atoms with Crippen LogP contribution in [-0.4, -0.2) is 19.7 Å². The number of anilines is 1. The molecule has 0 atom stereocenters. The Bertz CT molecular complexity index is 1310. The van der Waals surface area contributed by atoms with Gasteiger partial charge in [-0.2, -0.15) is 13.2 Å². The van der Waals surface area contributed by atoms with Gasteiger partial charge in [0.2, 0.25) is 0 Å². The summed E-state index contributed by atoms with van der Waals surface area (Å²) < 4.78 is 46.8. The Balaban J connectivity index is 1.46. The normalized spacial score (nSPS) is 16.2. The van der Waals surface area contributed by atoms with Gasteiger partial charge in [-0.3, -0.25) is 10.0 Å². The fourth-order valence-corrected chi connectivity index (χ4v) is 5.89. The number of ether oxygens (including phenoxy) is 1. The lowest BCUT2D eigenvalue weighted by atomic mass is 9.79. The van der Waals surface area contributed by atoms with E-state index in [2.05, 4.69) is 5.32 Å². The van der Waals surface area contributed by atoms with E-state index in [9.17, 15) is 18.0 Å². The third-order valence-corrected chi connectivity index (χ3v) is 8.02. The minimum Gasteiger partial charge on any atom is -0.497 e. The Hall–Kier alpha value is -3.17. The second kappa shape index (κ2) is 9.95. The van der Waals surface area contributed by atoms with Crippen molar-refractivity contribution in [3.8, 4) is 16.9 Å². The number of hydrogen-bond donors (Lipinski definition) is 2. The van der Waals surface area contributed by atoms with E-state index in [1.54, 1.807) is 23.1 Å². The van der Waals surface area contributed by atoms with Crippen LogP contribution in [0.4, 0.5) is 23.7 Å². The number of nitrogens with two attached hydrogens (primary N) is 1. The fraction of sp³-hybridized carbons (Fsp3) is 0.321. The fourth-order valence-electron chi connectivity index (χ4n) is 5.59. The number of urea groups is 1. The molecule has 0 unspecified atom stereocenters. The summed E-state index contributed by atoms with van der Waals surface area (Å²) >= 11 is 1.16. The highest BCUT2D eigenvalue weighted by Gasteiger charge is 2.46. The van der Waals surface area contributed by atoms with E-state index >= 15 is 0 Å². The molecule has 2 amide bonds. The number of alkyl halides is 3. The van der Waals surface area contributed by atoms with Crippen molar-refractivity contribution in [2.45, 2.75) is 48.7 Å². The van der Waals surface area contributed by atoms with E-state index in [1.165, 1.54) is 13.2 Å². The molecule has 1 aliphatic heterocycles. The summed E-state index contributed by atoms with van der Waals surface area (Å²) in [6.07, 6.45) is -0.663. The van der Waals surface area contributed by atoms with E-state index in [1.807, 2.05) is 30.3 Å². The van der Waals surface area contributed by atoms with Crippen LogP contribution in [0.2, 0.25) is 0 Å². The van der Waals surface area contributed by atoms with Gasteiger partial charge in [0.15, 0.2) is 0 Å². The average Bonchev–Trinajstić information content (AvgIpc) is 3.51. The molecule has 9 heteroatoms. The lowest BCUT2D eigenvalue weighted by molar-refractivity contribution is -0.137. The Labute approximate surface area is 218 Å². The molecule has 2 aliphatic rings. The van der Waals surface area contributed by atoms with Crippen molar-refractivity contribution in [3.63, 3.8) is 0 Å². The zero-order valence-corrected chi connectivity index (χ0v) is 21.2. The Kier molecular flexibility index (Phi) is 6.85. The zero-order valence-electron chi connectivity index (χ0n) is 20.4. The molecule has 3 N–H and O–H groups in total. The van der Waals surface area contributed by atoms with Crippen molar-refractivity contribution in [1.29, 1.82) is 0 Å². The van der Waals surface area contributed by atoms with Gasteiger partial charge in [-0.05, 0) is 83.4 Å². The Morgan fingerprint density at radius 2 is 1.81 bits per heavy atom. The molecule has 194 valence electrons. The number of carbonyl (C=O) groups is 1. The molecule has 1 aliphatic carbocycles. The topological polar surface area (TPSA) is 67.6 Å². The molecule has 5 rings (SSSR count). The molecule has 37 heavy (non-hydrogen) atoms. The number of benzene rings is 3. The Morgan fingerprint density at radius 3 is 2.46 bits per heavy atom. The molecule has 5 nitrogen and oxygen atoms in total. The third-order valence-electron chi connectivity index (χ3n) is 7.47. The number of nitrogens with zero attached hydrogens (tertiary/aromatic N) is 1. The van der Waals surface area contributed by atoms with Crippen LogP contribution in [-0.2, 0) is 18.1 Å². The maximum Gasteiger partial charge on any atom is 0.417 e. The highest BCUT2D eigenvalue weighted by atomic mass is 32.2. The number of fused-ring (bicyclic) bond motifs is 2. The lowest BCUT2D eigenvalue weighted by Crippen LogP contribution is -2.41. The summed E-state index contributed by atoms with van der Waals surface area (Å²) in [5.74, 6) is 0.156. The van der Waals surface area contributed by atoms with Gasteiger partial charge in [-0.15, -0.1) is 0 Å². The van der Waals surface area contributed by atoms with Gasteiger partial charge in [-0.25, -0.2) is 4.79 Å². The molecule has 0 bridgehead atoms. The zero-order chi connectivity index (χ0) is 26.2. The van der Waals surface area contributed by atoms with E-state index in [4.69, 9.17) is 9.88 Å². The number of amides is 2. The van der Waals surface area contributed by atoms with Gasteiger partial charge in [-0.1, -0.05) is 37.1 Å². The summed E-state index contributed by atoms with van der Waals surface area (Å²) in [6.45, 7) is 0.890. The number of nitrogens with one attached hydrogen (secondary N) is 1. The van der Waals surface area contributed by atoms with Gasteiger partial charge in [0.1, 0.15) is 5.75 Å². The highest BCUT2D eigenvalue weighted by molar-refractivity contribution is 7.97. The average molecular weight is 528 g/mol. The molecular formula is C28H28F3N3O2S. The van der Waals surface area contributed by atoms with E-state index in [-0.39, 0.29) is 22.8 Å². The minimum absolute atomic E-state index is 0.103. The van der Waals surface area contributed by atoms with Crippen LogP contribution in [0.1, 0.15) is 42.4 Å². The summed E-state index contributed by atoms with van der Waals surface area (Å²) in [4.78, 5) is 16.0. The Morgan fingerprint density at radius 1 is 1.08 bits per heavy atom. The van der Waals surface area contributed by atoms with Crippen molar-refractivity contribution in [3.05, 3.63) is 77.4 Å². The summed E-state index contributed by atoms with van der Waals surface area (Å²) in [6, 6.07) is 16.8. The largest absolute Gasteiger partial charge is 0.497 e. The summed E-state index contributed by atoms with van der Waals surface area (Å²) in [7, 11) is 1.35. The van der Waals surface area contributed by atoms with Crippen LogP contribution < -0.4 is 20.1 Å². The van der Waals surface area contributed by atoms with E-state index in [0.717, 1.165) is 65.4 Å². The predicted octanol–water partition coefficient (Wildman–Crippen LogP) is 6.89. The molecule has 0 radical (unpaired) electrons.